The number of hydrogen-bond donors (Lipinski definition) is 1. The highest BCUT2D eigenvalue weighted by Crippen LogP contribution is 2.31. The molecule has 1 aromatic rings. The second-order valence-corrected chi connectivity index (χ2v) is 5.96. The van der Waals surface area contributed by atoms with Gasteiger partial charge in [-0.05, 0) is 36.6 Å². The fourth-order valence-electron chi connectivity index (χ4n) is 2.03. The Hall–Kier alpha value is 0.1000. The Morgan fingerprint density at radius 1 is 1.25 bits per heavy atom. The summed E-state index contributed by atoms with van der Waals surface area (Å²) in [5.41, 5.74) is 0.941. The summed E-state index contributed by atoms with van der Waals surface area (Å²) in [5, 5.41) is 10.3. The third-order valence-electron chi connectivity index (χ3n) is 2.87. The van der Waals surface area contributed by atoms with Gasteiger partial charge in [-0.2, -0.15) is 0 Å². The Bertz CT molecular complexity index is 342. The standard InChI is InChI=1S/C12H14Br2O2/c13-10-4-9(5-11(14)6-10)12(15)8-2-1-3-16-7-8/h4-6,8,12,15H,1-3,7H2. The van der Waals surface area contributed by atoms with Crippen LogP contribution in [0.1, 0.15) is 24.5 Å². The van der Waals surface area contributed by atoms with Gasteiger partial charge in [0.15, 0.2) is 0 Å². The summed E-state index contributed by atoms with van der Waals surface area (Å²) in [6.07, 6.45) is 1.64. The van der Waals surface area contributed by atoms with Crippen LogP contribution in [0.5, 0.6) is 0 Å². The first-order valence-electron chi connectivity index (χ1n) is 5.38. The molecule has 1 saturated heterocycles. The molecule has 0 aromatic heterocycles. The zero-order chi connectivity index (χ0) is 11.5. The van der Waals surface area contributed by atoms with E-state index in [0.29, 0.717) is 6.61 Å². The quantitative estimate of drug-likeness (QED) is 0.882. The van der Waals surface area contributed by atoms with Crippen LogP contribution in [0.4, 0.5) is 0 Å². The lowest BCUT2D eigenvalue weighted by Crippen LogP contribution is -2.23. The second-order valence-electron chi connectivity index (χ2n) is 4.12. The van der Waals surface area contributed by atoms with Gasteiger partial charge in [-0.25, -0.2) is 0 Å². The molecule has 0 spiro atoms. The number of aliphatic hydroxyl groups is 1. The molecule has 0 amide bonds. The van der Waals surface area contributed by atoms with Crippen molar-refractivity contribution < 1.29 is 9.84 Å². The average Bonchev–Trinajstić information content (AvgIpc) is 2.28. The fourth-order valence-corrected chi connectivity index (χ4v) is 3.36. The Balaban J connectivity index is 2.15. The summed E-state index contributed by atoms with van der Waals surface area (Å²) >= 11 is 6.87. The van der Waals surface area contributed by atoms with E-state index in [1.165, 1.54) is 0 Å². The van der Waals surface area contributed by atoms with E-state index >= 15 is 0 Å². The summed E-state index contributed by atoms with van der Waals surface area (Å²) < 4.78 is 7.36. The average molecular weight is 350 g/mol. The number of hydrogen-bond acceptors (Lipinski definition) is 2. The van der Waals surface area contributed by atoms with Crippen molar-refractivity contribution in [3.8, 4) is 0 Å². The Morgan fingerprint density at radius 3 is 2.50 bits per heavy atom. The summed E-state index contributed by atoms with van der Waals surface area (Å²) in [7, 11) is 0. The highest BCUT2D eigenvalue weighted by atomic mass is 79.9. The third kappa shape index (κ3) is 3.06. The molecule has 1 N–H and O–H groups in total. The highest BCUT2D eigenvalue weighted by Gasteiger charge is 2.24. The van der Waals surface area contributed by atoms with E-state index in [2.05, 4.69) is 31.9 Å². The molecule has 1 aliphatic heterocycles. The van der Waals surface area contributed by atoms with Gasteiger partial charge in [0, 0.05) is 21.5 Å². The van der Waals surface area contributed by atoms with Crippen molar-refractivity contribution in [3.05, 3.63) is 32.7 Å². The molecule has 0 aliphatic carbocycles. The third-order valence-corrected chi connectivity index (χ3v) is 3.78. The van der Waals surface area contributed by atoms with Gasteiger partial charge in [-0.15, -0.1) is 0 Å². The van der Waals surface area contributed by atoms with Gasteiger partial charge >= 0.3 is 0 Å². The summed E-state index contributed by atoms with van der Waals surface area (Å²) in [5.74, 6) is 0.218. The van der Waals surface area contributed by atoms with E-state index in [9.17, 15) is 5.11 Å². The number of halogens is 2. The van der Waals surface area contributed by atoms with E-state index in [4.69, 9.17) is 4.74 Å². The van der Waals surface area contributed by atoms with Crippen LogP contribution in [0.25, 0.3) is 0 Å². The summed E-state index contributed by atoms with van der Waals surface area (Å²) in [4.78, 5) is 0. The monoisotopic (exact) mass is 348 g/mol. The summed E-state index contributed by atoms with van der Waals surface area (Å²) in [6.45, 7) is 1.48. The van der Waals surface area contributed by atoms with Crippen LogP contribution < -0.4 is 0 Å². The molecule has 88 valence electrons. The van der Waals surface area contributed by atoms with Crippen LogP contribution in [0.3, 0.4) is 0 Å². The van der Waals surface area contributed by atoms with Crippen molar-refractivity contribution in [2.24, 2.45) is 5.92 Å². The maximum Gasteiger partial charge on any atom is 0.0841 e. The zero-order valence-electron chi connectivity index (χ0n) is 8.83. The van der Waals surface area contributed by atoms with Gasteiger partial charge in [-0.1, -0.05) is 31.9 Å². The van der Waals surface area contributed by atoms with Crippen LogP contribution in [0.2, 0.25) is 0 Å². The minimum Gasteiger partial charge on any atom is -0.388 e. The van der Waals surface area contributed by atoms with Crippen molar-refractivity contribution in [2.45, 2.75) is 18.9 Å². The predicted molar refractivity (Wildman–Crippen MR) is 70.3 cm³/mol. The predicted octanol–water partition coefficient (Wildman–Crippen LogP) is 3.67. The van der Waals surface area contributed by atoms with Gasteiger partial charge in [-0.3, -0.25) is 0 Å². The molecular formula is C12H14Br2O2. The molecule has 0 saturated carbocycles. The van der Waals surface area contributed by atoms with Crippen LogP contribution in [-0.2, 0) is 4.74 Å². The van der Waals surface area contributed by atoms with E-state index in [-0.39, 0.29) is 5.92 Å². The second kappa shape index (κ2) is 5.63. The molecule has 1 aromatic carbocycles. The van der Waals surface area contributed by atoms with E-state index in [1.54, 1.807) is 0 Å². The minimum atomic E-state index is -0.436. The van der Waals surface area contributed by atoms with Gasteiger partial charge in [0.2, 0.25) is 0 Å². The van der Waals surface area contributed by atoms with Crippen LogP contribution >= 0.6 is 31.9 Å². The minimum absolute atomic E-state index is 0.218. The number of ether oxygens (including phenoxy) is 1. The fraction of sp³-hybridized carbons (Fsp3) is 0.500. The smallest absolute Gasteiger partial charge is 0.0841 e. The van der Waals surface area contributed by atoms with Gasteiger partial charge in [0.1, 0.15) is 0 Å². The molecule has 0 radical (unpaired) electrons. The molecule has 4 heteroatoms. The molecule has 2 unspecified atom stereocenters. The van der Waals surface area contributed by atoms with E-state index < -0.39 is 6.10 Å². The lowest BCUT2D eigenvalue weighted by molar-refractivity contribution is -0.01000. The molecule has 2 rings (SSSR count). The lowest BCUT2D eigenvalue weighted by atomic mass is 9.91. The van der Waals surface area contributed by atoms with Crippen molar-refractivity contribution in [3.63, 3.8) is 0 Å². The molecule has 0 bridgehead atoms. The van der Waals surface area contributed by atoms with Crippen molar-refractivity contribution in [1.29, 1.82) is 0 Å². The maximum absolute atomic E-state index is 10.3. The van der Waals surface area contributed by atoms with E-state index in [1.807, 2.05) is 18.2 Å². The molecule has 2 atom stereocenters. The molecule has 2 nitrogen and oxygen atoms in total. The van der Waals surface area contributed by atoms with Crippen molar-refractivity contribution >= 4 is 31.9 Å². The first-order chi connectivity index (χ1) is 7.66. The first-order valence-corrected chi connectivity index (χ1v) is 6.97. The maximum atomic E-state index is 10.3. The zero-order valence-corrected chi connectivity index (χ0v) is 12.0. The van der Waals surface area contributed by atoms with Crippen molar-refractivity contribution in [1.82, 2.24) is 0 Å². The summed E-state index contributed by atoms with van der Waals surface area (Å²) in [6, 6.07) is 5.89. The Morgan fingerprint density at radius 2 is 1.94 bits per heavy atom. The molecule has 16 heavy (non-hydrogen) atoms. The number of rotatable bonds is 2. The highest BCUT2D eigenvalue weighted by molar-refractivity contribution is 9.11. The molecular weight excluding hydrogens is 336 g/mol. The topological polar surface area (TPSA) is 29.5 Å². The van der Waals surface area contributed by atoms with Crippen LogP contribution in [0, 0.1) is 5.92 Å². The SMILES string of the molecule is OC(c1cc(Br)cc(Br)c1)C1CCCOC1. The first kappa shape index (κ1) is 12.6. The molecule has 1 heterocycles. The number of benzene rings is 1. The normalized spacial score (nSPS) is 23.1. The van der Waals surface area contributed by atoms with Gasteiger partial charge in [0.25, 0.3) is 0 Å². The van der Waals surface area contributed by atoms with Gasteiger partial charge in [0.05, 0.1) is 12.7 Å². The molecule has 1 fully saturated rings. The van der Waals surface area contributed by atoms with Crippen LogP contribution in [-0.4, -0.2) is 18.3 Å². The Labute approximate surface area is 112 Å². The van der Waals surface area contributed by atoms with Gasteiger partial charge < -0.3 is 9.84 Å². The van der Waals surface area contributed by atoms with Crippen molar-refractivity contribution in [2.75, 3.05) is 13.2 Å². The van der Waals surface area contributed by atoms with E-state index in [0.717, 1.165) is 34.0 Å². The van der Waals surface area contributed by atoms with Crippen LogP contribution in [0.15, 0.2) is 27.1 Å². The number of aliphatic hydroxyl groups excluding tert-OH is 1. The largest absolute Gasteiger partial charge is 0.388 e. The molecule has 1 aliphatic rings. The lowest BCUT2D eigenvalue weighted by Gasteiger charge is -2.27. The Kier molecular flexibility index (Phi) is 4.41.